The molecule has 3 rings (SSSR count). The summed E-state index contributed by atoms with van der Waals surface area (Å²) in [6.07, 6.45) is 4.13. The molecular weight excluding hydrogens is 256 g/mol. The summed E-state index contributed by atoms with van der Waals surface area (Å²) in [6.45, 7) is 3.10. The highest BCUT2D eigenvalue weighted by molar-refractivity contribution is 6.30. The Morgan fingerprint density at radius 1 is 1.32 bits per heavy atom. The molecule has 2 nitrogen and oxygen atoms in total. The van der Waals surface area contributed by atoms with Crippen molar-refractivity contribution in [3.8, 4) is 0 Å². The first-order valence-corrected chi connectivity index (χ1v) is 7.07. The number of hydrogen-bond donors (Lipinski definition) is 0. The third-order valence-electron chi connectivity index (χ3n) is 3.78. The van der Waals surface area contributed by atoms with Gasteiger partial charge in [0.05, 0.1) is 12.2 Å². The Labute approximate surface area is 119 Å². The molecule has 1 aromatic heterocycles. The second kappa shape index (κ2) is 5.22. The molecule has 3 heteroatoms. The summed E-state index contributed by atoms with van der Waals surface area (Å²) in [5.41, 5.74) is 3.79. The average Bonchev–Trinajstić information content (AvgIpc) is 2.42. The maximum absolute atomic E-state index is 6.04. The minimum Gasteiger partial charge on any atom is -0.363 e. The van der Waals surface area contributed by atoms with E-state index in [1.807, 2.05) is 12.1 Å². The Bertz CT molecular complexity index is 582. The van der Waals surface area contributed by atoms with Gasteiger partial charge in [-0.05, 0) is 43.5 Å². The number of hydrogen-bond acceptors (Lipinski definition) is 2. The third kappa shape index (κ3) is 2.59. The summed E-state index contributed by atoms with van der Waals surface area (Å²) >= 11 is 6.04. The molecule has 2 heterocycles. The van der Waals surface area contributed by atoms with Crippen LogP contribution in [0.15, 0.2) is 42.6 Å². The number of fused-ring (bicyclic) bond motifs is 1. The van der Waals surface area contributed by atoms with Crippen LogP contribution in [-0.4, -0.2) is 11.0 Å². The Morgan fingerprint density at radius 2 is 2.16 bits per heavy atom. The third-order valence-corrected chi connectivity index (χ3v) is 4.01. The fourth-order valence-corrected chi connectivity index (χ4v) is 2.89. The number of benzene rings is 1. The SMILES string of the molecule is CC1CCc2ccccc2N1Cc1cc(Cl)ccn1. The normalized spacial score (nSPS) is 18.2. The topological polar surface area (TPSA) is 16.1 Å². The van der Waals surface area contributed by atoms with E-state index < -0.39 is 0 Å². The predicted molar refractivity (Wildman–Crippen MR) is 79.7 cm³/mol. The summed E-state index contributed by atoms with van der Waals surface area (Å²) in [5, 5.41) is 0.753. The van der Waals surface area contributed by atoms with Crippen LogP contribution in [0.1, 0.15) is 24.6 Å². The van der Waals surface area contributed by atoms with Gasteiger partial charge in [-0.15, -0.1) is 0 Å². The molecule has 0 bridgehead atoms. The molecule has 0 fully saturated rings. The lowest BCUT2D eigenvalue weighted by atomic mass is 9.96. The lowest BCUT2D eigenvalue weighted by molar-refractivity contribution is 0.556. The van der Waals surface area contributed by atoms with Gasteiger partial charge < -0.3 is 4.90 Å². The molecule has 1 aliphatic heterocycles. The van der Waals surface area contributed by atoms with Crippen LogP contribution in [0.25, 0.3) is 0 Å². The highest BCUT2D eigenvalue weighted by atomic mass is 35.5. The number of halogens is 1. The van der Waals surface area contributed by atoms with Crippen molar-refractivity contribution in [3.05, 3.63) is 58.9 Å². The first kappa shape index (κ1) is 12.5. The minimum atomic E-state index is 0.538. The van der Waals surface area contributed by atoms with Crippen molar-refractivity contribution in [2.24, 2.45) is 0 Å². The molecule has 0 saturated carbocycles. The van der Waals surface area contributed by atoms with E-state index in [2.05, 4.69) is 41.1 Å². The van der Waals surface area contributed by atoms with Crippen LogP contribution in [-0.2, 0) is 13.0 Å². The van der Waals surface area contributed by atoms with Crippen LogP contribution < -0.4 is 4.90 Å². The van der Waals surface area contributed by atoms with E-state index in [1.165, 1.54) is 17.7 Å². The molecule has 1 unspecified atom stereocenters. The molecule has 0 spiro atoms. The summed E-state index contributed by atoms with van der Waals surface area (Å²) in [5.74, 6) is 0. The van der Waals surface area contributed by atoms with Gasteiger partial charge >= 0.3 is 0 Å². The summed E-state index contributed by atoms with van der Waals surface area (Å²) in [7, 11) is 0. The number of para-hydroxylation sites is 1. The molecule has 0 amide bonds. The van der Waals surface area contributed by atoms with Crippen molar-refractivity contribution in [1.82, 2.24) is 4.98 Å². The lowest BCUT2D eigenvalue weighted by Crippen LogP contribution is -2.36. The van der Waals surface area contributed by atoms with Gasteiger partial charge in [0, 0.05) is 22.9 Å². The van der Waals surface area contributed by atoms with E-state index in [0.29, 0.717) is 6.04 Å². The highest BCUT2D eigenvalue weighted by Crippen LogP contribution is 2.31. The van der Waals surface area contributed by atoms with Gasteiger partial charge in [-0.2, -0.15) is 0 Å². The Morgan fingerprint density at radius 3 is 3.00 bits per heavy atom. The first-order valence-electron chi connectivity index (χ1n) is 6.69. The van der Waals surface area contributed by atoms with Crippen molar-refractivity contribution < 1.29 is 0 Å². The van der Waals surface area contributed by atoms with Gasteiger partial charge in [0.15, 0.2) is 0 Å². The standard InChI is InChI=1S/C16H17ClN2/c1-12-6-7-13-4-2-3-5-16(13)19(12)11-15-10-14(17)8-9-18-15/h2-5,8-10,12H,6-7,11H2,1H3. The number of aromatic nitrogens is 1. The van der Waals surface area contributed by atoms with Crippen molar-refractivity contribution in [3.63, 3.8) is 0 Å². The number of rotatable bonds is 2. The predicted octanol–water partition coefficient (Wildman–Crippen LogP) is 4.08. The van der Waals surface area contributed by atoms with Gasteiger partial charge in [-0.1, -0.05) is 29.8 Å². The smallest absolute Gasteiger partial charge is 0.0611 e. The Balaban J connectivity index is 1.91. The zero-order chi connectivity index (χ0) is 13.2. The molecule has 0 saturated heterocycles. The van der Waals surface area contributed by atoms with Gasteiger partial charge in [0.25, 0.3) is 0 Å². The molecule has 0 N–H and O–H groups in total. The van der Waals surface area contributed by atoms with Crippen molar-refractivity contribution in [1.29, 1.82) is 0 Å². The number of pyridine rings is 1. The quantitative estimate of drug-likeness (QED) is 0.819. The van der Waals surface area contributed by atoms with Gasteiger partial charge in [-0.25, -0.2) is 0 Å². The molecule has 0 radical (unpaired) electrons. The Kier molecular flexibility index (Phi) is 3.43. The first-order chi connectivity index (χ1) is 9.24. The van der Waals surface area contributed by atoms with Crippen molar-refractivity contribution >= 4 is 17.3 Å². The van der Waals surface area contributed by atoms with E-state index in [-0.39, 0.29) is 0 Å². The van der Waals surface area contributed by atoms with E-state index in [1.54, 1.807) is 6.20 Å². The van der Waals surface area contributed by atoms with E-state index in [9.17, 15) is 0 Å². The molecule has 1 aliphatic rings. The summed E-state index contributed by atoms with van der Waals surface area (Å²) in [6, 6.07) is 13.0. The zero-order valence-corrected chi connectivity index (χ0v) is 11.8. The lowest BCUT2D eigenvalue weighted by Gasteiger charge is -2.37. The number of anilines is 1. The molecule has 1 aromatic carbocycles. The monoisotopic (exact) mass is 272 g/mol. The van der Waals surface area contributed by atoms with Crippen LogP contribution in [0.2, 0.25) is 5.02 Å². The second-order valence-electron chi connectivity index (χ2n) is 5.11. The minimum absolute atomic E-state index is 0.538. The number of nitrogens with zero attached hydrogens (tertiary/aromatic N) is 2. The van der Waals surface area contributed by atoms with Crippen molar-refractivity contribution in [2.45, 2.75) is 32.4 Å². The van der Waals surface area contributed by atoms with Crippen LogP contribution in [0.4, 0.5) is 5.69 Å². The number of aryl methyl sites for hydroxylation is 1. The van der Waals surface area contributed by atoms with E-state index >= 15 is 0 Å². The molecule has 2 aromatic rings. The molecule has 19 heavy (non-hydrogen) atoms. The van der Waals surface area contributed by atoms with Gasteiger partial charge in [0.1, 0.15) is 0 Å². The molecular formula is C16H17ClN2. The molecule has 98 valence electrons. The molecule has 1 atom stereocenters. The van der Waals surface area contributed by atoms with Gasteiger partial charge in [0.2, 0.25) is 0 Å². The van der Waals surface area contributed by atoms with E-state index in [4.69, 9.17) is 11.6 Å². The largest absolute Gasteiger partial charge is 0.363 e. The summed E-state index contributed by atoms with van der Waals surface area (Å²) < 4.78 is 0. The average molecular weight is 273 g/mol. The van der Waals surface area contributed by atoms with Gasteiger partial charge in [-0.3, -0.25) is 4.98 Å². The zero-order valence-electron chi connectivity index (χ0n) is 11.0. The van der Waals surface area contributed by atoms with Crippen LogP contribution >= 0.6 is 11.6 Å². The highest BCUT2D eigenvalue weighted by Gasteiger charge is 2.22. The maximum atomic E-state index is 6.04. The molecule has 0 aliphatic carbocycles. The maximum Gasteiger partial charge on any atom is 0.0611 e. The van der Waals surface area contributed by atoms with E-state index in [0.717, 1.165) is 23.7 Å². The second-order valence-corrected chi connectivity index (χ2v) is 5.55. The Hall–Kier alpha value is -1.54. The summed E-state index contributed by atoms with van der Waals surface area (Å²) in [4.78, 5) is 6.84. The fourth-order valence-electron chi connectivity index (χ4n) is 2.71. The van der Waals surface area contributed by atoms with Crippen LogP contribution in [0, 0.1) is 0 Å². The van der Waals surface area contributed by atoms with Crippen LogP contribution in [0.3, 0.4) is 0 Å². The van der Waals surface area contributed by atoms with Crippen LogP contribution in [0.5, 0.6) is 0 Å². The van der Waals surface area contributed by atoms with Crippen molar-refractivity contribution in [2.75, 3.05) is 4.90 Å². The fraction of sp³-hybridized carbons (Fsp3) is 0.312.